The number of rotatable bonds is 3. The van der Waals surface area contributed by atoms with E-state index >= 15 is 0 Å². The molecule has 14 heavy (non-hydrogen) atoms. The number of nitrogens with two attached hydrogens (primary N) is 1. The molecule has 0 saturated heterocycles. The van der Waals surface area contributed by atoms with Crippen LogP contribution in [0.1, 0.15) is 19.3 Å². The molecule has 1 fully saturated rings. The molecule has 0 bridgehead atoms. The Morgan fingerprint density at radius 1 is 1.36 bits per heavy atom. The van der Waals surface area contributed by atoms with Gasteiger partial charge in [0, 0.05) is 6.04 Å². The van der Waals surface area contributed by atoms with Crippen LogP contribution in [0.2, 0.25) is 0 Å². The zero-order valence-corrected chi connectivity index (χ0v) is 8.35. The van der Waals surface area contributed by atoms with E-state index in [1.807, 2.05) is 0 Å². The fraction of sp³-hybridized carbons (Fsp3) is 1.00. The first-order valence-electron chi connectivity index (χ1n) is 4.91. The van der Waals surface area contributed by atoms with E-state index < -0.39 is 12.7 Å². The van der Waals surface area contributed by atoms with Gasteiger partial charge in [-0.05, 0) is 32.4 Å². The molecule has 2 nitrogen and oxygen atoms in total. The average Bonchev–Trinajstić information content (AvgIpc) is 2.47. The second kappa shape index (κ2) is 4.49. The van der Waals surface area contributed by atoms with Gasteiger partial charge in [0.05, 0.1) is 6.54 Å². The van der Waals surface area contributed by atoms with Crippen molar-refractivity contribution in [2.24, 2.45) is 11.7 Å². The normalized spacial score (nSPS) is 28.7. The SMILES string of the molecule is CN(CC(F)(F)F)C1CCCC1CN. The Bertz CT molecular complexity index is 181. The van der Waals surface area contributed by atoms with Gasteiger partial charge in [-0.2, -0.15) is 13.2 Å². The van der Waals surface area contributed by atoms with Crippen molar-refractivity contribution >= 4 is 0 Å². The highest BCUT2D eigenvalue weighted by molar-refractivity contribution is 4.85. The van der Waals surface area contributed by atoms with Crippen molar-refractivity contribution in [3.8, 4) is 0 Å². The number of hydrogen-bond donors (Lipinski definition) is 1. The van der Waals surface area contributed by atoms with Crippen LogP contribution in [0.25, 0.3) is 0 Å². The summed E-state index contributed by atoms with van der Waals surface area (Å²) in [5.74, 6) is 0.238. The van der Waals surface area contributed by atoms with Gasteiger partial charge in [0.25, 0.3) is 0 Å². The van der Waals surface area contributed by atoms with E-state index in [0.717, 1.165) is 19.3 Å². The Morgan fingerprint density at radius 3 is 2.50 bits per heavy atom. The van der Waals surface area contributed by atoms with Crippen LogP contribution >= 0.6 is 0 Å². The van der Waals surface area contributed by atoms with E-state index in [0.29, 0.717) is 6.54 Å². The number of halogens is 3. The Morgan fingerprint density at radius 2 is 2.00 bits per heavy atom. The van der Waals surface area contributed by atoms with Crippen LogP contribution in [0.15, 0.2) is 0 Å². The zero-order valence-electron chi connectivity index (χ0n) is 8.35. The maximum Gasteiger partial charge on any atom is 0.401 e. The van der Waals surface area contributed by atoms with Crippen molar-refractivity contribution in [1.29, 1.82) is 0 Å². The Hall–Kier alpha value is -0.290. The minimum Gasteiger partial charge on any atom is -0.330 e. The number of alkyl halides is 3. The lowest BCUT2D eigenvalue weighted by Gasteiger charge is -2.29. The summed E-state index contributed by atoms with van der Waals surface area (Å²) in [5, 5.41) is 0. The van der Waals surface area contributed by atoms with Crippen molar-refractivity contribution in [2.45, 2.75) is 31.5 Å². The van der Waals surface area contributed by atoms with Crippen LogP contribution in [0.3, 0.4) is 0 Å². The van der Waals surface area contributed by atoms with Crippen LogP contribution in [0.5, 0.6) is 0 Å². The Labute approximate surface area is 82.2 Å². The van der Waals surface area contributed by atoms with Crippen molar-refractivity contribution in [2.75, 3.05) is 20.1 Å². The first kappa shape index (κ1) is 11.8. The summed E-state index contributed by atoms with van der Waals surface area (Å²) in [6, 6.07) is 0.0154. The van der Waals surface area contributed by atoms with E-state index in [9.17, 15) is 13.2 Å². The molecule has 0 aromatic carbocycles. The van der Waals surface area contributed by atoms with E-state index in [2.05, 4.69) is 0 Å². The van der Waals surface area contributed by atoms with E-state index in [4.69, 9.17) is 5.73 Å². The fourth-order valence-corrected chi connectivity index (χ4v) is 2.27. The van der Waals surface area contributed by atoms with Crippen molar-refractivity contribution in [3.63, 3.8) is 0 Å². The third kappa shape index (κ3) is 3.13. The van der Waals surface area contributed by atoms with Crippen LogP contribution < -0.4 is 5.73 Å². The number of nitrogens with zero attached hydrogens (tertiary/aromatic N) is 1. The van der Waals surface area contributed by atoms with E-state index in [1.165, 1.54) is 11.9 Å². The third-order valence-corrected chi connectivity index (χ3v) is 2.92. The topological polar surface area (TPSA) is 29.3 Å². The zero-order chi connectivity index (χ0) is 10.8. The molecule has 1 saturated carbocycles. The van der Waals surface area contributed by atoms with Crippen molar-refractivity contribution < 1.29 is 13.2 Å². The van der Waals surface area contributed by atoms with Gasteiger partial charge in [0.1, 0.15) is 0 Å². The molecule has 0 aromatic rings. The van der Waals surface area contributed by atoms with Gasteiger partial charge in [0.15, 0.2) is 0 Å². The van der Waals surface area contributed by atoms with Gasteiger partial charge in [0.2, 0.25) is 0 Å². The van der Waals surface area contributed by atoms with Gasteiger partial charge in [-0.1, -0.05) is 6.42 Å². The quantitative estimate of drug-likeness (QED) is 0.766. The Kier molecular flexibility index (Phi) is 3.78. The molecular formula is C9H17F3N2. The largest absolute Gasteiger partial charge is 0.401 e. The second-order valence-corrected chi connectivity index (χ2v) is 4.02. The summed E-state index contributed by atoms with van der Waals surface area (Å²) in [7, 11) is 1.53. The summed E-state index contributed by atoms with van der Waals surface area (Å²) in [4.78, 5) is 1.39. The molecule has 0 amide bonds. The molecule has 0 spiro atoms. The fourth-order valence-electron chi connectivity index (χ4n) is 2.27. The molecule has 5 heteroatoms. The monoisotopic (exact) mass is 210 g/mol. The molecule has 0 aromatic heterocycles. The van der Waals surface area contributed by atoms with Crippen LogP contribution in [-0.2, 0) is 0 Å². The molecule has 84 valence electrons. The van der Waals surface area contributed by atoms with Crippen molar-refractivity contribution in [3.05, 3.63) is 0 Å². The summed E-state index contributed by atoms with van der Waals surface area (Å²) >= 11 is 0. The lowest BCUT2D eigenvalue weighted by molar-refractivity contribution is -0.148. The Balaban J connectivity index is 2.47. The lowest BCUT2D eigenvalue weighted by Crippen LogP contribution is -2.42. The highest BCUT2D eigenvalue weighted by atomic mass is 19.4. The third-order valence-electron chi connectivity index (χ3n) is 2.92. The maximum absolute atomic E-state index is 12.1. The smallest absolute Gasteiger partial charge is 0.330 e. The molecule has 1 rings (SSSR count). The highest BCUT2D eigenvalue weighted by Crippen LogP contribution is 2.30. The second-order valence-electron chi connectivity index (χ2n) is 4.02. The molecule has 0 heterocycles. The van der Waals surface area contributed by atoms with Crippen LogP contribution in [0, 0.1) is 5.92 Å². The highest BCUT2D eigenvalue weighted by Gasteiger charge is 2.36. The molecule has 2 N–H and O–H groups in total. The van der Waals surface area contributed by atoms with Crippen molar-refractivity contribution in [1.82, 2.24) is 4.90 Å². The summed E-state index contributed by atoms with van der Waals surface area (Å²) in [5.41, 5.74) is 5.52. The summed E-state index contributed by atoms with van der Waals surface area (Å²) < 4.78 is 36.4. The first-order chi connectivity index (χ1) is 6.44. The molecule has 2 atom stereocenters. The standard InChI is InChI=1S/C9H17F3N2/c1-14(6-9(10,11)12)8-4-2-3-7(8)5-13/h7-8H,2-6,13H2,1H3. The average molecular weight is 210 g/mol. The maximum atomic E-state index is 12.1. The molecule has 1 aliphatic carbocycles. The lowest BCUT2D eigenvalue weighted by atomic mass is 10.0. The number of hydrogen-bond acceptors (Lipinski definition) is 2. The minimum absolute atomic E-state index is 0.0154. The molecular weight excluding hydrogens is 193 g/mol. The van der Waals surface area contributed by atoms with Gasteiger partial charge >= 0.3 is 6.18 Å². The minimum atomic E-state index is -4.10. The van der Waals surface area contributed by atoms with Gasteiger partial charge in [-0.3, -0.25) is 4.90 Å². The van der Waals surface area contributed by atoms with E-state index in [-0.39, 0.29) is 12.0 Å². The van der Waals surface area contributed by atoms with E-state index in [1.54, 1.807) is 0 Å². The summed E-state index contributed by atoms with van der Waals surface area (Å²) in [6.07, 6.45) is -1.30. The van der Waals surface area contributed by atoms with Gasteiger partial charge in [-0.15, -0.1) is 0 Å². The molecule has 1 aliphatic rings. The molecule has 0 aliphatic heterocycles. The molecule has 2 unspecified atom stereocenters. The summed E-state index contributed by atoms with van der Waals surface area (Å²) in [6.45, 7) is -0.332. The van der Waals surface area contributed by atoms with Gasteiger partial charge in [-0.25, -0.2) is 0 Å². The van der Waals surface area contributed by atoms with Gasteiger partial charge < -0.3 is 5.73 Å². The molecule has 0 radical (unpaired) electrons. The first-order valence-corrected chi connectivity index (χ1v) is 4.91. The predicted molar refractivity (Wildman–Crippen MR) is 48.9 cm³/mol. The van der Waals surface area contributed by atoms with Crippen LogP contribution in [0.4, 0.5) is 13.2 Å². The van der Waals surface area contributed by atoms with Crippen LogP contribution in [-0.4, -0.2) is 37.3 Å². The predicted octanol–water partition coefficient (Wildman–Crippen LogP) is 1.61.